The third-order valence-corrected chi connectivity index (χ3v) is 4.37. The molecule has 0 aliphatic heterocycles. The van der Waals surface area contributed by atoms with E-state index in [4.69, 9.17) is 0 Å². The van der Waals surface area contributed by atoms with Gasteiger partial charge in [0.1, 0.15) is 5.82 Å². The molecule has 3 rings (SSSR count). The Morgan fingerprint density at radius 1 is 1.33 bits per heavy atom. The van der Waals surface area contributed by atoms with Crippen molar-refractivity contribution in [3.8, 4) is 0 Å². The summed E-state index contributed by atoms with van der Waals surface area (Å²) in [5, 5.41) is 4.90. The quantitative estimate of drug-likeness (QED) is 0.639. The van der Waals surface area contributed by atoms with E-state index in [0.29, 0.717) is 22.4 Å². The Morgan fingerprint density at radius 2 is 2.17 bits per heavy atom. The second-order valence-corrected chi connectivity index (χ2v) is 6.47. The number of pyridine rings is 1. The predicted molar refractivity (Wildman–Crippen MR) is 99.6 cm³/mol. The molecule has 0 N–H and O–H groups in total. The largest absolute Gasteiger partial charge is 0.282 e. The first-order chi connectivity index (χ1) is 11.6. The van der Waals surface area contributed by atoms with Crippen LogP contribution < -0.4 is 5.56 Å². The zero-order valence-electron chi connectivity index (χ0n) is 13.5. The molecule has 0 bridgehead atoms. The van der Waals surface area contributed by atoms with E-state index >= 15 is 0 Å². The van der Waals surface area contributed by atoms with Gasteiger partial charge in [0.2, 0.25) is 0 Å². The van der Waals surface area contributed by atoms with Crippen molar-refractivity contribution in [1.82, 2.24) is 14.6 Å². The lowest BCUT2D eigenvalue weighted by atomic mass is 10.1. The Bertz CT molecular complexity index is 950. The molecule has 2 heterocycles. The number of hydrogen-bond donors (Lipinski definition) is 0. The van der Waals surface area contributed by atoms with Crippen molar-refractivity contribution in [3.63, 3.8) is 0 Å². The second-order valence-electron chi connectivity index (χ2n) is 5.56. The fraction of sp³-hybridized carbons (Fsp3) is 0.222. The molecule has 2 aromatic heterocycles. The smallest absolute Gasteiger partial charge is 0.267 e. The van der Waals surface area contributed by atoms with Gasteiger partial charge >= 0.3 is 0 Å². The molecule has 0 fully saturated rings. The van der Waals surface area contributed by atoms with Crippen LogP contribution in [0.5, 0.6) is 0 Å². The molecule has 0 aliphatic rings. The molecule has 1 atom stereocenters. The van der Waals surface area contributed by atoms with Crippen LogP contribution in [0.4, 0.5) is 0 Å². The number of benzene rings is 1. The lowest BCUT2D eigenvalue weighted by Gasteiger charge is -2.13. The number of nitrogens with zero attached hydrogens (tertiary/aromatic N) is 4. The first-order valence-electron chi connectivity index (χ1n) is 7.77. The predicted octanol–water partition coefficient (Wildman–Crippen LogP) is 3.95. The summed E-state index contributed by atoms with van der Waals surface area (Å²) in [6.07, 6.45) is 4.14. The lowest BCUT2D eigenvalue weighted by Crippen LogP contribution is -2.23. The average Bonchev–Trinajstić information content (AvgIpc) is 2.61. The van der Waals surface area contributed by atoms with Gasteiger partial charge in [0.25, 0.3) is 5.56 Å². The van der Waals surface area contributed by atoms with Gasteiger partial charge in [-0.2, -0.15) is 9.78 Å². The maximum atomic E-state index is 12.9. The van der Waals surface area contributed by atoms with Crippen molar-refractivity contribution in [2.45, 2.75) is 26.2 Å². The van der Waals surface area contributed by atoms with Crippen LogP contribution in [0.2, 0.25) is 0 Å². The van der Waals surface area contributed by atoms with Gasteiger partial charge in [-0.05, 0) is 36.8 Å². The van der Waals surface area contributed by atoms with Crippen LogP contribution in [0, 0.1) is 0 Å². The van der Waals surface area contributed by atoms with E-state index in [0.717, 1.165) is 10.9 Å². The Morgan fingerprint density at radius 3 is 2.88 bits per heavy atom. The molecule has 24 heavy (non-hydrogen) atoms. The Balaban J connectivity index is 2.21. The van der Waals surface area contributed by atoms with E-state index in [1.807, 2.05) is 37.3 Å². The SMILES string of the molecule is CC[C@H](C)c1nc2ccc(Br)cc2c(=O)n1N=Cc1ccccn1. The summed E-state index contributed by atoms with van der Waals surface area (Å²) in [6, 6.07) is 11.1. The minimum Gasteiger partial charge on any atom is -0.267 e. The highest BCUT2D eigenvalue weighted by molar-refractivity contribution is 9.10. The number of halogens is 1. The summed E-state index contributed by atoms with van der Waals surface area (Å²) in [4.78, 5) is 21.8. The standard InChI is InChI=1S/C18H17BrN4O/c1-3-12(2)17-22-16-8-7-13(19)10-15(16)18(24)23(17)21-11-14-6-4-5-9-20-14/h4-12H,3H2,1-2H3/t12-/m0/s1. The van der Waals surface area contributed by atoms with E-state index in [9.17, 15) is 4.79 Å². The van der Waals surface area contributed by atoms with Crippen molar-refractivity contribution < 1.29 is 0 Å². The van der Waals surface area contributed by atoms with Gasteiger partial charge in [-0.1, -0.05) is 35.8 Å². The molecular formula is C18H17BrN4O. The maximum absolute atomic E-state index is 12.9. The summed E-state index contributed by atoms with van der Waals surface area (Å²) in [5.41, 5.74) is 1.19. The number of rotatable bonds is 4. The van der Waals surface area contributed by atoms with Gasteiger partial charge in [0.15, 0.2) is 0 Å². The van der Waals surface area contributed by atoms with Crippen LogP contribution in [0.1, 0.15) is 37.7 Å². The highest BCUT2D eigenvalue weighted by atomic mass is 79.9. The minimum absolute atomic E-state index is 0.117. The van der Waals surface area contributed by atoms with Crippen LogP contribution in [0.25, 0.3) is 10.9 Å². The zero-order valence-corrected chi connectivity index (χ0v) is 15.1. The lowest BCUT2D eigenvalue weighted by molar-refractivity contribution is 0.613. The molecule has 0 unspecified atom stereocenters. The Labute approximate surface area is 148 Å². The van der Waals surface area contributed by atoms with Crippen molar-refractivity contribution in [2.24, 2.45) is 5.10 Å². The Kier molecular flexibility index (Phi) is 4.85. The highest BCUT2D eigenvalue weighted by Gasteiger charge is 2.15. The molecule has 0 saturated carbocycles. The summed E-state index contributed by atoms with van der Waals surface area (Å²) in [5.74, 6) is 0.774. The molecule has 0 aliphatic carbocycles. The second kappa shape index (κ2) is 7.05. The zero-order chi connectivity index (χ0) is 17.1. The molecule has 0 amide bonds. The third-order valence-electron chi connectivity index (χ3n) is 3.88. The van der Waals surface area contributed by atoms with Gasteiger partial charge in [-0.25, -0.2) is 4.98 Å². The van der Waals surface area contributed by atoms with E-state index in [-0.39, 0.29) is 11.5 Å². The molecular weight excluding hydrogens is 368 g/mol. The van der Waals surface area contributed by atoms with Crippen LogP contribution in [-0.4, -0.2) is 20.9 Å². The Hall–Kier alpha value is -2.34. The highest BCUT2D eigenvalue weighted by Crippen LogP contribution is 2.20. The molecule has 0 radical (unpaired) electrons. The topological polar surface area (TPSA) is 60.1 Å². The molecule has 1 aromatic carbocycles. The molecule has 6 heteroatoms. The first kappa shape index (κ1) is 16.5. The normalized spacial score (nSPS) is 12.8. The van der Waals surface area contributed by atoms with Crippen LogP contribution in [0.3, 0.4) is 0 Å². The maximum Gasteiger partial charge on any atom is 0.282 e. The van der Waals surface area contributed by atoms with Crippen LogP contribution in [0.15, 0.2) is 57.0 Å². The van der Waals surface area contributed by atoms with E-state index < -0.39 is 0 Å². The van der Waals surface area contributed by atoms with Gasteiger partial charge in [-0.3, -0.25) is 9.78 Å². The van der Waals surface area contributed by atoms with Gasteiger partial charge in [0, 0.05) is 16.6 Å². The number of aromatic nitrogens is 3. The van der Waals surface area contributed by atoms with Crippen LogP contribution >= 0.6 is 15.9 Å². The van der Waals surface area contributed by atoms with Gasteiger partial charge in [0.05, 0.1) is 22.8 Å². The monoisotopic (exact) mass is 384 g/mol. The summed E-state index contributed by atoms with van der Waals surface area (Å²) >= 11 is 3.40. The van der Waals surface area contributed by atoms with Gasteiger partial charge in [-0.15, -0.1) is 0 Å². The fourth-order valence-electron chi connectivity index (χ4n) is 2.35. The molecule has 0 spiro atoms. The molecule has 122 valence electrons. The van der Waals surface area contributed by atoms with E-state index in [2.05, 4.69) is 37.9 Å². The molecule has 0 saturated heterocycles. The van der Waals surface area contributed by atoms with Crippen molar-refractivity contribution in [3.05, 3.63) is 68.9 Å². The fourth-order valence-corrected chi connectivity index (χ4v) is 2.71. The number of fused-ring (bicyclic) bond motifs is 1. The first-order valence-corrected chi connectivity index (χ1v) is 8.57. The molecule has 3 aromatic rings. The summed E-state index contributed by atoms with van der Waals surface area (Å²) in [6.45, 7) is 4.11. The van der Waals surface area contributed by atoms with Crippen molar-refractivity contribution in [2.75, 3.05) is 0 Å². The van der Waals surface area contributed by atoms with Crippen molar-refractivity contribution >= 4 is 33.0 Å². The minimum atomic E-state index is -0.177. The van der Waals surface area contributed by atoms with Crippen molar-refractivity contribution in [1.29, 1.82) is 0 Å². The van der Waals surface area contributed by atoms with Crippen LogP contribution in [-0.2, 0) is 0 Å². The number of hydrogen-bond acceptors (Lipinski definition) is 4. The summed E-state index contributed by atoms with van der Waals surface area (Å²) in [7, 11) is 0. The summed E-state index contributed by atoms with van der Waals surface area (Å²) < 4.78 is 2.22. The average molecular weight is 385 g/mol. The third kappa shape index (κ3) is 3.28. The van der Waals surface area contributed by atoms with Gasteiger partial charge < -0.3 is 0 Å². The molecule has 5 nitrogen and oxygen atoms in total. The van der Waals surface area contributed by atoms with E-state index in [1.165, 1.54) is 4.68 Å². The van der Waals surface area contributed by atoms with E-state index in [1.54, 1.807) is 18.5 Å².